The lowest BCUT2D eigenvalue weighted by molar-refractivity contribution is 0.0698. The minimum absolute atomic E-state index is 0.0295. The van der Waals surface area contributed by atoms with Gasteiger partial charge in [-0.3, -0.25) is 0 Å². The van der Waals surface area contributed by atoms with Gasteiger partial charge in [0, 0.05) is 5.39 Å². The van der Waals surface area contributed by atoms with E-state index in [2.05, 4.69) is 0 Å². The number of aromatic carboxylic acids is 1. The number of benzene rings is 2. The second-order valence-electron chi connectivity index (χ2n) is 3.17. The summed E-state index contributed by atoms with van der Waals surface area (Å²) >= 11 is 0. The molecule has 4 heteroatoms. The van der Waals surface area contributed by atoms with Crippen molar-refractivity contribution in [2.45, 2.75) is 0 Å². The van der Waals surface area contributed by atoms with Crippen molar-refractivity contribution >= 4 is 22.4 Å². The van der Waals surface area contributed by atoms with Crippen LogP contribution in [0.3, 0.4) is 0 Å². The molecule has 0 aliphatic carbocycles. The first-order valence-electron chi connectivity index (χ1n) is 4.31. The van der Waals surface area contributed by atoms with Crippen LogP contribution in [0.5, 0.6) is 0 Å². The van der Waals surface area contributed by atoms with E-state index in [9.17, 15) is 9.18 Å². The summed E-state index contributed by atoms with van der Waals surface area (Å²) in [6.45, 7) is 0. The summed E-state index contributed by atoms with van der Waals surface area (Å²) in [5, 5.41) is 9.57. The smallest absolute Gasteiger partial charge is 0.337 e. The molecular weight excluding hydrogens is 197 g/mol. The Kier molecular flexibility index (Phi) is 2.04. The maximum Gasteiger partial charge on any atom is 0.337 e. The lowest BCUT2D eigenvalue weighted by Gasteiger charge is -2.06. The van der Waals surface area contributed by atoms with Gasteiger partial charge in [0.25, 0.3) is 0 Å². The first kappa shape index (κ1) is 9.45. The first-order chi connectivity index (χ1) is 7.11. The van der Waals surface area contributed by atoms with Gasteiger partial charge in [-0.15, -0.1) is 0 Å². The molecular formula is C11H8FNO2. The number of anilines is 1. The molecule has 3 N–H and O–H groups in total. The first-order valence-corrected chi connectivity index (χ1v) is 4.31. The van der Waals surface area contributed by atoms with Gasteiger partial charge in [-0.1, -0.05) is 18.2 Å². The second-order valence-corrected chi connectivity index (χ2v) is 3.17. The average molecular weight is 205 g/mol. The maximum atomic E-state index is 13.4. The highest BCUT2D eigenvalue weighted by Gasteiger charge is 2.12. The Morgan fingerprint density at radius 3 is 2.67 bits per heavy atom. The number of fused-ring (bicyclic) bond motifs is 1. The zero-order valence-electron chi connectivity index (χ0n) is 7.70. The van der Waals surface area contributed by atoms with Crippen LogP contribution in [0.4, 0.5) is 10.1 Å². The van der Waals surface area contributed by atoms with Crippen molar-refractivity contribution in [2.24, 2.45) is 0 Å². The van der Waals surface area contributed by atoms with Gasteiger partial charge in [-0.2, -0.15) is 0 Å². The third-order valence-corrected chi connectivity index (χ3v) is 2.27. The van der Waals surface area contributed by atoms with E-state index in [1.54, 1.807) is 12.1 Å². The van der Waals surface area contributed by atoms with Crippen LogP contribution in [-0.2, 0) is 0 Å². The Labute approximate surface area is 84.9 Å². The number of carboxylic acids is 1. The quantitative estimate of drug-likeness (QED) is 0.702. The average Bonchev–Trinajstić information content (AvgIpc) is 2.17. The van der Waals surface area contributed by atoms with Crippen molar-refractivity contribution in [1.29, 1.82) is 0 Å². The van der Waals surface area contributed by atoms with Crippen LogP contribution in [0.2, 0.25) is 0 Å². The van der Waals surface area contributed by atoms with Gasteiger partial charge < -0.3 is 10.8 Å². The van der Waals surface area contributed by atoms with E-state index < -0.39 is 11.8 Å². The van der Waals surface area contributed by atoms with Crippen molar-refractivity contribution in [3.05, 3.63) is 41.7 Å². The Bertz CT molecular complexity index is 552. The summed E-state index contributed by atoms with van der Waals surface area (Å²) in [4.78, 5) is 10.8. The molecule has 0 amide bonds. The highest BCUT2D eigenvalue weighted by Crippen LogP contribution is 2.27. The summed E-state index contributed by atoms with van der Waals surface area (Å²) in [6.07, 6.45) is 0. The second kappa shape index (κ2) is 3.24. The Morgan fingerprint density at radius 1 is 1.27 bits per heavy atom. The Hall–Kier alpha value is -2.10. The topological polar surface area (TPSA) is 63.3 Å². The van der Waals surface area contributed by atoms with E-state index >= 15 is 0 Å². The largest absolute Gasteiger partial charge is 0.478 e. The third-order valence-electron chi connectivity index (χ3n) is 2.27. The third kappa shape index (κ3) is 1.40. The van der Waals surface area contributed by atoms with Crippen LogP contribution >= 0.6 is 0 Å². The predicted octanol–water partition coefficient (Wildman–Crippen LogP) is 2.26. The number of carbonyl (C=O) groups is 1. The van der Waals surface area contributed by atoms with Gasteiger partial charge in [-0.05, 0) is 17.5 Å². The molecule has 0 radical (unpaired) electrons. The molecule has 0 atom stereocenters. The number of carboxylic acid groups (broad SMARTS) is 1. The van der Waals surface area contributed by atoms with Crippen LogP contribution in [-0.4, -0.2) is 11.1 Å². The standard InChI is InChI=1S/C11H8FNO2/c12-8-3-1-2-6-4-5-7(11(14)15)10(13)9(6)8/h1-5H,13H2,(H,14,15). The lowest BCUT2D eigenvalue weighted by atomic mass is 10.0. The van der Waals surface area contributed by atoms with Crippen molar-refractivity contribution in [1.82, 2.24) is 0 Å². The molecule has 0 aliphatic rings. The van der Waals surface area contributed by atoms with Gasteiger partial charge in [0.1, 0.15) is 5.82 Å². The molecule has 2 aromatic rings. The van der Waals surface area contributed by atoms with Crippen LogP contribution < -0.4 is 5.73 Å². The van der Waals surface area contributed by atoms with Gasteiger partial charge in [0.2, 0.25) is 0 Å². The molecule has 0 bridgehead atoms. The number of halogens is 1. The number of hydrogen-bond donors (Lipinski definition) is 2. The molecule has 2 rings (SSSR count). The van der Waals surface area contributed by atoms with E-state index in [4.69, 9.17) is 10.8 Å². The number of nitrogens with two attached hydrogens (primary N) is 1. The predicted molar refractivity (Wildman–Crippen MR) is 55.3 cm³/mol. The Morgan fingerprint density at radius 2 is 2.00 bits per heavy atom. The van der Waals surface area contributed by atoms with Crippen molar-refractivity contribution in [3.63, 3.8) is 0 Å². The number of rotatable bonds is 1. The summed E-state index contributed by atoms with van der Waals surface area (Å²) < 4.78 is 13.4. The van der Waals surface area contributed by atoms with Crippen LogP contribution in [0, 0.1) is 5.82 Å². The van der Waals surface area contributed by atoms with Gasteiger partial charge in [0.05, 0.1) is 11.3 Å². The SMILES string of the molecule is Nc1c(C(=O)O)ccc2cccc(F)c12. The fourth-order valence-electron chi connectivity index (χ4n) is 1.55. The minimum Gasteiger partial charge on any atom is -0.478 e. The van der Waals surface area contributed by atoms with E-state index in [-0.39, 0.29) is 16.6 Å². The Balaban J connectivity index is 2.89. The molecule has 15 heavy (non-hydrogen) atoms. The van der Waals surface area contributed by atoms with Crippen molar-refractivity contribution in [3.8, 4) is 0 Å². The molecule has 0 heterocycles. The molecule has 0 unspecified atom stereocenters. The van der Waals surface area contributed by atoms with Crippen LogP contribution in [0.25, 0.3) is 10.8 Å². The van der Waals surface area contributed by atoms with Gasteiger partial charge >= 0.3 is 5.97 Å². The monoisotopic (exact) mass is 205 g/mol. The lowest BCUT2D eigenvalue weighted by Crippen LogP contribution is -2.03. The normalized spacial score (nSPS) is 10.5. The number of nitrogen functional groups attached to an aromatic ring is 1. The van der Waals surface area contributed by atoms with Gasteiger partial charge in [0.15, 0.2) is 0 Å². The molecule has 0 saturated carbocycles. The van der Waals surface area contributed by atoms with E-state index in [0.29, 0.717) is 5.39 Å². The number of hydrogen-bond acceptors (Lipinski definition) is 2. The van der Waals surface area contributed by atoms with Gasteiger partial charge in [-0.25, -0.2) is 9.18 Å². The zero-order valence-corrected chi connectivity index (χ0v) is 7.70. The molecule has 0 aromatic heterocycles. The molecule has 0 aliphatic heterocycles. The highest BCUT2D eigenvalue weighted by molar-refractivity contribution is 6.05. The fourth-order valence-corrected chi connectivity index (χ4v) is 1.55. The maximum absolute atomic E-state index is 13.4. The van der Waals surface area contributed by atoms with Crippen LogP contribution in [0.15, 0.2) is 30.3 Å². The molecule has 0 saturated heterocycles. The van der Waals surface area contributed by atoms with E-state index in [1.165, 1.54) is 18.2 Å². The summed E-state index contributed by atoms with van der Waals surface area (Å²) in [6, 6.07) is 7.40. The zero-order chi connectivity index (χ0) is 11.0. The van der Waals surface area contributed by atoms with E-state index in [1.807, 2.05) is 0 Å². The summed E-state index contributed by atoms with van der Waals surface area (Å²) in [7, 11) is 0. The van der Waals surface area contributed by atoms with Crippen molar-refractivity contribution < 1.29 is 14.3 Å². The van der Waals surface area contributed by atoms with Crippen molar-refractivity contribution in [2.75, 3.05) is 5.73 Å². The molecule has 2 aromatic carbocycles. The van der Waals surface area contributed by atoms with E-state index in [0.717, 1.165) is 0 Å². The van der Waals surface area contributed by atoms with Crippen LogP contribution in [0.1, 0.15) is 10.4 Å². The molecule has 0 fully saturated rings. The summed E-state index contributed by atoms with van der Waals surface area (Å²) in [5.74, 6) is -1.66. The molecule has 76 valence electrons. The fraction of sp³-hybridized carbons (Fsp3) is 0. The molecule has 0 spiro atoms. The highest BCUT2D eigenvalue weighted by atomic mass is 19.1. The minimum atomic E-state index is -1.15. The molecule has 3 nitrogen and oxygen atoms in total. The summed E-state index contributed by atoms with van der Waals surface area (Å²) in [5.41, 5.74) is 5.49.